The van der Waals surface area contributed by atoms with Gasteiger partial charge in [-0.25, -0.2) is 4.58 Å². The molecule has 3 aliphatic carbocycles. The summed E-state index contributed by atoms with van der Waals surface area (Å²) in [6, 6.07) is 2.09. The Hall–Kier alpha value is -1.10. The van der Waals surface area contributed by atoms with Gasteiger partial charge in [-0.15, -0.1) is 11.8 Å². The van der Waals surface area contributed by atoms with Gasteiger partial charge in [0.1, 0.15) is 13.3 Å². The average Bonchev–Trinajstić information content (AvgIpc) is 2.96. The largest absolute Gasteiger partial charge is 0.371 e. The number of nitrogens with zero attached hydrogens (tertiary/aromatic N) is 3. The number of hydrogen-bond acceptors (Lipinski definition) is 4. The molecule has 0 amide bonds. The van der Waals surface area contributed by atoms with Crippen LogP contribution in [0.4, 0.5) is 0 Å². The molecule has 1 N–H and O–H groups in total. The lowest BCUT2D eigenvalue weighted by molar-refractivity contribution is -0.538. The minimum atomic E-state index is 0.270. The van der Waals surface area contributed by atoms with E-state index in [0.29, 0.717) is 23.4 Å². The number of allylic oxidation sites excluding steroid dienone is 1. The van der Waals surface area contributed by atoms with Crippen LogP contribution in [0.15, 0.2) is 20.5 Å². The molecule has 25 heavy (non-hydrogen) atoms. The highest BCUT2D eigenvalue weighted by Crippen LogP contribution is 2.72. The molecule has 4 atom stereocenters. The number of rotatable bonds is 3. The van der Waals surface area contributed by atoms with Crippen LogP contribution in [-0.2, 0) is 0 Å². The highest BCUT2D eigenvalue weighted by Gasteiger charge is 2.75. The first-order valence-corrected chi connectivity index (χ1v) is 10.8. The first kappa shape index (κ1) is 16.1. The molecule has 4 unspecified atom stereocenters. The van der Waals surface area contributed by atoms with Crippen molar-refractivity contribution in [2.45, 2.75) is 81.3 Å². The van der Waals surface area contributed by atoms with Gasteiger partial charge in [0.2, 0.25) is 0 Å². The fourth-order valence-corrected chi connectivity index (χ4v) is 7.60. The zero-order valence-electron chi connectivity index (χ0n) is 15.3. The Labute approximate surface area is 155 Å². The van der Waals surface area contributed by atoms with Crippen molar-refractivity contribution < 1.29 is 4.58 Å². The molecule has 5 rings (SSSR count). The molecule has 0 aromatic carbocycles. The topological polar surface area (TPSA) is 39.8 Å². The van der Waals surface area contributed by atoms with Gasteiger partial charge in [-0.1, -0.05) is 0 Å². The highest BCUT2D eigenvalue weighted by atomic mass is 32.2. The van der Waals surface area contributed by atoms with E-state index >= 15 is 0 Å². The lowest BCUT2D eigenvalue weighted by Crippen LogP contribution is -2.38. The Kier molecular flexibility index (Phi) is 3.84. The van der Waals surface area contributed by atoms with Crippen LogP contribution in [-0.4, -0.2) is 59.8 Å². The second kappa shape index (κ2) is 5.97. The van der Waals surface area contributed by atoms with Crippen LogP contribution in [0.2, 0.25) is 0 Å². The van der Waals surface area contributed by atoms with Crippen molar-refractivity contribution in [1.82, 2.24) is 5.32 Å². The lowest BCUT2D eigenvalue weighted by Gasteiger charge is -2.27. The third kappa shape index (κ3) is 2.30. The maximum absolute atomic E-state index is 5.05. The Morgan fingerprint density at radius 1 is 1.32 bits per heavy atom. The number of fused-ring (bicyclic) bond motifs is 1. The Bertz CT molecular complexity index is 686. The van der Waals surface area contributed by atoms with Gasteiger partial charge in [-0.3, -0.25) is 9.98 Å². The fraction of sp³-hybridized carbons (Fsp3) is 0.750. The van der Waals surface area contributed by atoms with Crippen LogP contribution in [0.1, 0.15) is 51.9 Å². The maximum Gasteiger partial charge on any atom is 0.152 e. The highest BCUT2D eigenvalue weighted by molar-refractivity contribution is 8.04. The molecule has 5 aliphatic rings. The zero-order valence-corrected chi connectivity index (χ0v) is 16.1. The average molecular weight is 358 g/mol. The van der Waals surface area contributed by atoms with Gasteiger partial charge < -0.3 is 5.32 Å². The van der Waals surface area contributed by atoms with E-state index in [2.05, 4.69) is 48.1 Å². The summed E-state index contributed by atoms with van der Waals surface area (Å²) in [5.74, 6) is 0. The molecule has 5 heteroatoms. The Balaban J connectivity index is 1.29. The molecule has 2 aliphatic heterocycles. The van der Waals surface area contributed by atoms with Crippen molar-refractivity contribution in [3.8, 4) is 0 Å². The van der Waals surface area contributed by atoms with Gasteiger partial charge >= 0.3 is 0 Å². The smallest absolute Gasteiger partial charge is 0.152 e. The van der Waals surface area contributed by atoms with Crippen molar-refractivity contribution in [2.75, 3.05) is 7.05 Å². The summed E-state index contributed by atoms with van der Waals surface area (Å²) in [4.78, 5) is 11.6. The van der Waals surface area contributed by atoms with E-state index in [0.717, 1.165) is 0 Å². The van der Waals surface area contributed by atoms with Gasteiger partial charge in [0.05, 0.1) is 29.9 Å². The summed E-state index contributed by atoms with van der Waals surface area (Å²) in [5.41, 5.74) is 2.01. The molecule has 0 aromatic rings. The molecule has 0 bridgehead atoms. The Morgan fingerprint density at radius 2 is 2.16 bits per heavy atom. The summed E-state index contributed by atoms with van der Waals surface area (Å²) in [6.45, 7) is 2.13. The van der Waals surface area contributed by atoms with Gasteiger partial charge in [0, 0.05) is 31.2 Å². The van der Waals surface area contributed by atoms with Crippen molar-refractivity contribution in [3.05, 3.63) is 10.5 Å². The first-order valence-electron chi connectivity index (χ1n) is 9.96. The van der Waals surface area contributed by atoms with Crippen LogP contribution in [0.5, 0.6) is 0 Å². The van der Waals surface area contributed by atoms with Crippen molar-refractivity contribution in [1.29, 1.82) is 0 Å². The third-order valence-corrected chi connectivity index (χ3v) is 8.86. The predicted molar refractivity (Wildman–Crippen MR) is 106 cm³/mol. The zero-order chi connectivity index (χ0) is 17.0. The third-order valence-electron chi connectivity index (χ3n) is 7.20. The number of thioether (sulfide) groups is 1. The second-order valence-electron chi connectivity index (χ2n) is 8.28. The van der Waals surface area contributed by atoms with Crippen LogP contribution < -0.4 is 5.32 Å². The summed E-state index contributed by atoms with van der Waals surface area (Å²) < 4.78 is 2.37. The van der Waals surface area contributed by atoms with E-state index in [1.54, 1.807) is 10.5 Å². The van der Waals surface area contributed by atoms with E-state index in [1.165, 1.54) is 44.9 Å². The summed E-state index contributed by atoms with van der Waals surface area (Å²) in [6.07, 6.45) is 15.3. The minimum Gasteiger partial charge on any atom is -0.371 e. The second-order valence-corrected chi connectivity index (χ2v) is 9.51. The summed E-state index contributed by atoms with van der Waals surface area (Å²) in [7, 11) is 2.20. The fourth-order valence-electron chi connectivity index (χ4n) is 5.63. The lowest BCUT2D eigenvalue weighted by atomic mass is 9.86. The molecule has 0 saturated heterocycles. The Morgan fingerprint density at radius 3 is 2.96 bits per heavy atom. The van der Waals surface area contributed by atoms with Crippen molar-refractivity contribution >= 4 is 30.5 Å². The SMILES string of the molecule is CC=[N+](C)C1CCC(N=CC2N=CNC3C4SC5=C(CCC5)C234)CC1. The molecule has 4 nitrogen and oxygen atoms in total. The standard InChI is InChI=1S/C20H29N4S/c1-3-24(2)14-9-7-13(8-10-14)21-11-17-20-15-5-4-6-16(15)25-19(20)18(20)23-12-22-17/h3,11-14,17-19H,4-10H2,1-2H3,(H,22,23)/q+1. The van der Waals surface area contributed by atoms with E-state index in [-0.39, 0.29) is 11.5 Å². The van der Waals surface area contributed by atoms with Crippen LogP contribution >= 0.6 is 11.8 Å². The van der Waals surface area contributed by atoms with E-state index in [1.807, 2.05) is 6.34 Å². The normalized spacial score (nSPS) is 45.4. The van der Waals surface area contributed by atoms with Gasteiger partial charge in [0.15, 0.2) is 6.04 Å². The van der Waals surface area contributed by atoms with Crippen molar-refractivity contribution in [2.24, 2.45) is 15.4 Å². The molecule has 0 radical (unpaired) electrons. The maximum atomic E-state index is 5.05. The van der Waals surface area contributed by atoms with Crippen LogP contribution in [0, 0.1) is 5.41 Å². The van der Waals surface area contributed by atoms with Gasteiger partial charge in [0.25, 0.3) is 0 Å². The predicted octanol–water partition coefficient (Wildman–Crippen LogP) is 3.02. The molecular weight excluding hydrogens is 328 g/mol. The van der Waals surface area contributed by atoms with Gasteiger partial charge in [-0.05, 0) is 42.6 Å². The number of nitrogens with one attached hydrogen (secondary N) is 1. The van der Waals surface area contributed by atoms with Crippen LogP contribution in [0.25, 0.3) is 0 Å². The number of hydrogen-bond donors (Lipinski definition) is 1. The van der Waals surface area contributed by atoms with Gasteiger partial charge in [-0.2, -0.15) is 0 Å². The molecular formula is C20H29N4S+. The molecule has 2 heterocycles. The van der Waals surface area contributed by atoms with E-state index in [9.17, 15) is 0 Å². The van der Waals surface area contributed by atoms with Crippen LogP contribution in [0.3, 0.4) is 0 Å². The summed E-state index contributed by atoms with van der Waals surface area (Å²) in [5, 5.41) is 4.25. The molecule has 1 spiro atoms. The monoisotopic (exact) mass is 357 g/mol. The molecule has 134 valence electrons. The van der Waals surface area contributed by atoms with Crippen molar-refractivity contribution in [3.63, 3.8) is 0 Å². The minimum absolute atomic E-state index is 0.270. The quantitative estimate of drug-likeness (QED) is 0.623. The molecule has 2 fully saturated rings. The summed E-state index contributed by atoms with van der Waals surface area (Å²) >= 11 is 2.14. The van der Waals surface area contributed by atoms with E-state index < -0.39 is 0 Å². The molecule has 2 saturated carbocycles. The molecule has 0 aromatic heterocycles. The first-order chi connectivity index (χ1) is 12.2. The number of aliphatic imine (C=N–C) groups is 2. The van der Waals surface area contributed by atoms with E-state index in [4.69, 9.17) is 9.98 Å².